The highest BCUT2D eigenvalue weighted by Crippen LogP contribution is 2.33. The summed E-state index contributed by atoms with van der Waals surface area (Å²) in [4.78, 5) is 0. The van der Waals surface area contributed by atoms with Crippen molar-refractivity contribution in [3.63, 3.8) is 0 Å². The minimum absolute atomic E-state index is 0. The lowest BCUT2D eigenvalue weighted by molar-refractivity contribution is 0.402. The normalized spacial score (nSPS) is 21.8. The monoisotopic (exact) mass is 178 g/mol. The summed E-state index contributed by atoms with van der Waals surface area (Å²) >= 11 is 0. The van der Waals surface area contributed by atoms with Crippen LogP contribution in [-0.4, -0.2) is 21.6 Å². The van der Waals surface area contributed by atoms with Gasteiger partial charge in [-0.15, -0.1) is 0 Å². The molecule has 1 unspecified atom stereocenters. The fraction of sp³-hybridized carbons (Fsp3) is 0.250. The first kappa shape index (κ1) is 9.72. The molecule has 3 radical (unpaired) electrons. The van der Waals surface area contributed by atoms with Crippen LogP contribution in [0.5, 0.6) is 0 Å². The summed E-state index contributed by atoms with van der Waals surface area (Å²) < 4.78 is 5.49. The van der Waals surface area contributed by atoms with Crippen molar-refractivity contribution < 1.29 is 4.52 Å². The van der Waals surface area contributed by atoms with Crippen LogP contribution in [0.2, 0.25) is 0 Å². The van der Waals surface area contributed by atoms with E-state index in [0.29, 0.717) is 0 Å². The fourth-order valence-corrected chi connectivity index (χ4v) is 2.49. The van der Waals surface area contributed by atoms with E-state index in [2.05, 4.69) is 17.2 Å². The van der Waals surface area contributed by atoms with Crippen molar-refractivity contribution in [1.82, 2.24) is 5.09 Å². The molecule has 0 aromatic heterocycles. The van der Waals surface area contributed by atoms with Crippen molar-refractivity contribution in [1.29, 1.82) is 0 Å². The Morgan fingerprint density at radius 2 is 2.00 bits per heavy atom. The topological polar surface area (TPSA) is 21.3 Å². The van der Waals surface area contributed by atoms with Crippen molar-refractivity contribution >= 4 is 22.0 Å². The molecule has 1 aromatic carbocycles. The summed E-state index contributed by atoms with van der Waals surface area (Å²) in [5.41, 5.74) is 0. The van der Waals surface area contributed by atoms with Crippen LogP contribution < -0.4 is 10.4 Å². The molecule has 0 bridgehead atoms. The molecule has 0 amide bonds. The Labute approximate surface area is 75.8 Å². The second kappa shape index (κ2) is 4.61. The van der Waals surface area contributed by atoms with Crippen LogP contribution in [0.4, 0.5) is 0 Å². The van der Waals surface area contributed by atoms with E-state index in [9.17, 15) is 0 Å². The third kappa shape index (κ3) is 2.07. The first-order valence-electron chi connectivity index (χ1n) is 3.68. The van der Waals surface area contributed by atoms with Gasteiger partial charge in [0.15, 0.2) is 0 Å². The van der Waals surface area contributed by atoms with Gasteiger partial charge in [-0.3, -0.25) is 5.09 Å². The van der Waals surface area contributed by atoms with Gasteiger partial charge in [0.2, 0.25) is 0 Å². The SMILES string of the molecule is [B].c1ccc(P2NCCO2)cc1. The van der Waals surface area contributed by atoms with Gasteiger partial charge < -0.3 is 4.52 Å². The smallest absolute Gasteiger partial charge is 0.134 e. The van der Waals surface area contributed by atoms with Gasteiger partial charge in [0.1, 0.15) is 8.30 Å². The molecule has 1 saturated heterocycles. The molecule has 1 atom stereocenters. The second-order valence-corrected chi connectivity index (χ2v) is 4.05. The van der Waals surface area contributed by atoms with Gasteiger partial charge in [0, 0.05) is 20.3 Å². The molecule has 2 rings (SSSR count). The molecule has 12 heavy (non-hydrogen) atoms. The lowest BCUT2D eigenvalue weighted by Crippen LogP contribution is -2.08. The molecule has 4 heteroatoms. The maximum atomic E-state index is 5.49. The molecule has 0 saturated carbocycles. The quantitative estimate of drug-likeness (QED) is 0.508. The molecule has 2 nitrogen and oxygen atoms in total. The molecule has 1 fully saturated rings. The van der Waals surface area contributed by atoms with E-state index in [1.807, 2.05) is 18.2 Å². The first-order chi connectivity index (χ1) is 5.47. The van der Waals surface area contributed by atoms with Gasteiger partial charge in [-0.25, -0.2) is 0 Å². The van der Waals surface area contributed by atoms with Crippen LogP contribution >= 0.6 is 8.30 Å². The summed E-state index contributed by atoms with van der Waals surface area (Å²) in [6.07, 6.45) is 0. The molecule has 1 heterocycles. The highest BCUT2D eigenvalue weighted by molar-refractivity contribution is 7.59. The third-order valence-electron chi connectivity index (χ3n) is 1.57. The second-order valence-electron chi connectivity index (χ2n) is 2.37. The number of benzene rings is 1. The van der Waals surface area contributed by atoms with Crippen molar-refractivity contribution in [2.24, 2.45) is 0 Å². The van der Waals surface area contributed by atoms with Crippen LogP contribution in [-0.2, 0) is 4.52 Å². The number of hydrogen-bond acceptors (Lipinski definition) is 2. The molecule has 1 aromatic rings. The van der Waals surface area contributed by atoms with E-state index < -0.39 is 8.30 Å². The zero-order valence-corrected chi connectivity index (χ0v) is 7.63. The minimum Gasteiger partial charge on any atom is -0.338 e. The summed E-state index contributed by atoms with van der Waals surface area (Å²) in [6, 6.07) is 10.3. The molecular weight excluding hydrogens is 168 g/mol. The van der Waals surface area contributed by atoms with E-state index in [-0.39, 0.29) is 8.41 Å². The van der Waals surface area contributed by atoms with Crippen LogP contribution in [0.15, 0.2) is 30.3 Å². The Morgan fingerprint density at radius 3 is 2.58 bits per heavy atom. The van der Waals surface area contributed by atoms with Crippen LogP contribution in [0.25, 0.3) is 0 Å². The molecule has 1 aliphatic heterocycles. The number of hydrogen-bond donors (Lipinski definition) is 1. The highest BCUT2D eigenvalue weighted by Gasteiger charge is 2.15. The van der Waals surface area contributed by atoms with E-state index >= 15 is 0 Å². The lowest BCUT2D eigenvalue weighted by Gasteiger charge is -2.07. The first-order valence-corrected chi connectivity index (χ1v) is 4.94. The summed E-state index contributed by atoms with van der Waals surface area (Å²) in [7, 11) is -0.490. The van der Waals surface area contributed by atoms with Crippen molar-refractivity contribution in [2.75, 3.05) is 13.2 Å². The maximum absolute atomic E-state index is 5.49. The van der Waals surface area contributed by atoms with Crippen LogP contribution in [0.1, 0.15) is 0 Å². The Hall–Kier alpha value is -0.365. The largest absolute Gasteiger partial charge is 0.338 e. The average Bonchev–Trinajstić information content (AvgIpc) is 2.58. The van der Waals surface area contributed by atoms with Crippen molar-refractivity contribution in [3.8, 4) is 0 Å². The average molecular weight is 178 g/mol. The van der Waals surface area contributed by atoms with Crippen LogP contribution in [0.3, 0.4) is 0 Å². The zero-order chi connectivity index (χ0) is 7.52. The molecule has 0 aliphatic carbocycles. The lowest BCUT2D eigenvalue weighted by atomic mass is 10.4. The van der Waals surface area contributed by atoms with Gasteiger partial charge in [-0.05, 0) is 0 Å². The Morgan fingerprint density at radius 1 is 1.25 bits per heavy atom. The summed E-state index contributed by atoms with van der Waals surface area (Å²) in [5.74, 6) is 0. The van der Waals surface area contributed by atoms with Gasteiger partial charge in [0.05, 0.1) is 6.61 Å². The molecule has 1 N–H and O–H groups in total. The number of rotatable bonds is 1. The van der Waals surface area contributed by atoms with E-state index in [0.717, 1.165) is 13.2 Å². The van der Waals surface area contributed by atoms with Gasteiger partial charge >= 0.3 is 0 Å². The van der Waals surface area contributed by atoms with Gasteiger partial charge in [-0.2, -0.15) is 0 Å². The van der Waals surface area contributed by atoms with Crippen LogP contribution in [0, 0.1) is 0 Å². The zero-order valence-electron chi connectivity index (χ0n) is 6.73. The Balaban J connectivity index is 0.000000720. The van der Waals surface area contributed by atoms with E-state index in [1.54, 1.807) is 0 Å². The Bertz CT molecular complexity index is 226. The summed E-state index contributed by atoms with van der Waals surface area (Å²) in [5, 5.41) is 4.59. The highest BCUT2D eigenvalue weighted by atomic mass is 31.2. The summed E-state index contributed by atoms with van der Waals surface area (Å²) in [6.45, 7) is 1.83. The maximum Gasteiger partial charge on any atom is 0.134 e. The van der Waals surface area contributed by atoms with Gasteiger partial charge in [0.25, 0.3) is 0 Å². The van der Waals surface area contributed by atoms with E-state index in [1.165, 1.54) is 5.30 Å². The molecule has 0 spiro atoms. The molecule has 1 aliphatic rings. The predicted octanol–water partition coefficient (Wildman–Crippen LogP) is 0.863. The molecular formula is C8H10BNOP. The minimum atomic E-state index is -0.490. The Kier molecular flexibility index (Phi) is 3.73. The third-order valence-corrected chi connectivity index (χ3v) is 3.29. The standard InChI is InChI=1S/C8H10NOP.B/c1-2-4-8(5-3-1)11-9-6-7-10-11;/h1-5,9H,6-7H2;. The fourth-order valence-electron chi connectivity index (χ4n) is 1.06. The number of nitrogens with one attached hydrogen (secondary N) is 1. The van der Waals surface area contributed by atoms with Crippen molar-refractivity contribution in [3.05, 3.63) is 30.3 Å². The predicted molar refractivity (Wildman–Crippen MR) is 52.7 cm³/mol. The van der Waals surface area contributed by atoms with Crippen molar-refractivity contribution in [2.45, 2.75) is 0 Å². The molecule has 61 valence electrons. The van der Waals surface area contributed by atoms with E-state index in [4.69, 9.17) is 4.52 Å². The van der Waals surface area contributed by atoms with Gasteiger partial charge in [-0.1, -0.05) is 30.3 Å².